The van der Waals surface area contributed by atoms with Gasteiger partial charge < -0.3 is 9.64 Å². The number of hydrogen-bond donors (Lipinski definition) is 0. The van der Waals surface area contributed by atoms with Gasteiger partial charge in [0.15, 0.2) is 5.78 Å². The first-order valence-electron chi connectivity index (χ1n) is 6.04. The van der Waals surface area contributed by atoms with Crippen LogP contribution in [0.25, 0.3) is 0 Å². The van der Waals surface area contributed by atoms with Crippen molar-refractivity contribution in [3.63, 3.8) is 0 Å². The number of ketones is 1. The molecule has 0 amide bonds. The summed E-state index contributed by atoms with van der Waals surface area (Å²) in [6.07, 6.45) is 1.71. The van der Waals surface area contributed by atoms with Crippen molar-refractivity contribution in [2.24, 2.45) is 0 Å². The molecule has 0 fully saturated rings. The lowest BCUT2D eigenvalue weighted by Crippen LogP contribution is -2.16. The fourth-order valence-corrected chi connectivity index (χ4v) is 2.06. The monoisotopic (exact) mass is 269 g/mol. The maximum atomic E-state index is 12.0. The van der Waals surface area contributed by atoms with Crippen molar-refractivity contribution in [1.82, 2.24) is 4.90 Å². The third-order valence-electron chi connectivity index (χ3n) is 3.00. The second kappa shape index (κ2) is 6.21. The molecule has 1 aliphatic heterocycles. The largest absolute Gasteiger partial charge is 0.490 e. The van der Waals surface area contributed by atoms with Crippen LogP contribution in [0, 0.1) is 0 Å². The molecule has 3 nitrogen and oxygen atoms in total. The topological polar surface area (TPSA) is 29.5 Å². The first kappa shape index (κ1) is 15.0. The number of nitrogens with zero attached hydrogens (tertiary/aromatic N) is 1. The van der Waals surface area contributed by atoms with Crippen LogP contribution in [0.5, 0.6) is 5.75 Å². The molecule has 0 aliphatic carbocycles. The Labute approximate surface area is 115 Å². The predicted molar refractivity (Wildman–Crippen MR) is 75.0 cm³/mol. The van der Waals surface area contributed by atoms with E-state index in [2.05, 4.69) is 0 Å². The molecular weight excluding hydrogens is 250 g/mol. The average Bonchev–Trinajstić information content (AvgIpc) is 2.64. The highest BCUT2D eigenvalue weighted by atomic mass is 35.5. The molecule has 100 valence electrons. The molecule has 0 saturated heterocycles. The lowest BCUT2D eigenvalue weighted by Gasteiger charge is -2.08. The standard InChI is InChI=1S/C14H19NO2.ClH/c1-10-8-12-9-11(4-5-14(12)17-10)13(16)6-7-15(2)3;/h4-5,9-10H,6-8H2,1-3H3;1H. The summed E-state index contributed by atoms with van der Waals surface area (Å²) in [4.78, 5) is 14.0. The normalized spacial score (nSPS) is 17.0. The van der Waals surface area contributed by atoms with Crippen molar-refractivity contribution < 1.29 is 9.53 Å². The Balaban J connectivity index is 0.00000162. The molecule has 4 heteroatoms. The Kier molecular flexibility index (Phi) is 5.17. The second-order valence-electron chi connectivity index (χ2n) is 4.93. The van der Waals surface area contributed by atoms with Gasteiger partial charge in [-0.25, -0.2) is 0 Å². The molecule has 0 radical (unpaired) electrons. The van der Waals surface area contributed by atoms with Crippen LogP contribution in [0.3, 0.4) is 0 Å². The fourth-order valence-electron chi connectivity index (χ4n) is 2.06. The maximum absolute atomic E-state index is 12.0. The highest BCUT2D eigenvalue weighted by molar-refractivity contribution is 5.96. The van der Waals surface area contributed by atoms with E-state index in [9.17, 15) is 4.79 Å². The molecule has 1 unspecified atom stereocenters. The summed E-state index contributed by atoms with van der Waals surface area (Å²) in [6.45, 7) is 2.84. The Hall–Kier alpha value is -1.06. The third kappa shape index (κ3) is 3.47. The van der Waals surface area contributed by atoms with Crippen LogP contribution in [0.2, 0.25) is 0 Å². The number of carbonyl (C=O) groups is 1. The summed E-state index contributed by atoms with van der Waals surface area (Å²) < 4.78 is 5.62. The second-order valence-corrected chi connectivity index (χ2v) is 4.93. The van der Waals surface area contributed by atoms with Crippen molar-refractivity contribution in [2.75, 3.05) is 20.6 Å². The fraction of sp³-hybridized carbons (Fsp3) is 0.500. The number of Topliss-reactive ketones (excluding diaryl/α,β-unsaturated/α-hetero) is 1. The number of carbonyl (C=O) groups excluding carboxylic acids is 1. The van der Waals surface area contributed by atoms with E-state index in [0.29, 0.717) is 6.42 Å². The Morgan fingerprint density at radius 2 is 2.17 bits per heavy atom. The van der Waals surface area contributed by atoms with E-state index >= 15 is 0 Å². The number of hydrogen-bond acceptors (Lipinski definition) is 3. The van der Waals surface area contributed by atoms with Crippen LogP contribution in [0.4, 0.5) is 0 Å². The summed E-state index contributed by atoms with van der Waals surface area (Å²) in [6, 6.07) is 5.77. The minimum absolute atomic E-state index is 0. The van der Waals surface area contributed by atoms with Gasteiger partial charge in [0.25, 0.3) is 0 Å². The highest BCUT2D eigenvalue weighted by Crippen LogP contribution is 2.29. The van der Waals surface area contributed by atoms with Gasteiger partial charge in [-0.05, 0) is 44.8 Å². The third-order valence-corrected chi connectivity index (χ3v) is 3.00. The molecule has 0 N–H and O–H groups in total. The number of halogens is 1. The van der Waals surface area contributed by atoms with Gasteiger partial charge in [0.1, 0.15) is 11.9 Å². The van der Waals surface area contributed by atoms with Gasteiger partial charge in [-0.2, -0.15) is 0 Å². The SMILES string of the molecule is CC1Cc2cc(C(=O)CCN(C)C)ccc2O1.Cl. The van der Waals surface area contributed by atoms with Gasteiger partial charge >= 0.3 is 0 Å². The van der Waals surface area contributed by atoms with Crippen molar-refractivity contribution in [1.29, 1.82) is 0 Å². The molecule has 0 spiro atoms. The number of rotatable bonds is 4. The minimum atomic E-state index is 0. The zero-order valence-electron chi connectivity index (χ0n) is 11.1. The van der Waals surface area contributed by atoms with Crippen LogP contribution in [-0.4, -0.2) is 37.4 Å². The Bertz CT molecular complexity index is 432. The van der Waals surface area contributed by atoms with E-state index in [1.165, 1.54) is 0 Å². The quantitative estimate of drug-likeness (QED) is 0.787. The van der Waals surface area contributed by atoms with E-state index in [1.807, 2.05) is 44.1 Å². The lowest BCUT2D eigenvalue weighted by molar-refractivity contribution is 0.0972. The molecule has 0 bridgehead atoms. The van der Waals surface area contributed by atoms with Crippen LogP contribution < -0.4 is 4.74 Å². The van der Waals surface area contributed by atoms with Crippen LogP contribution in [0.1, 0.15) is 29.3 Å². The molecule has 1 heterocycles. The van der Waals surface area contributed by atoms with E-state index in [0.717, 1.165) is 29.8 Å². The summed E-state index contributed by atoms with van der Waals surface area (Å²) in [5.41, 5.74) is 1.97. The van der Waals surface area contributed by atoms with Gasteiger partial charge in [0, 0.05) is 24.9 Å². The van der Waals surface area contributed by atoms with Crippen molar-refractivity contribution in [2.45, 2.75) is 25.9 Å². The first-order chi connectivity index (χ1) is 8.06. The Morgan fingerprint density at radius 3 is 2.83 bits per heavy atom. The van der Waals surface area contributed by atoms with Crippen LogP contribution in [-0.2, 0) is 6.42 Å². The summed E-state index contributed by atoms with van der Waals surface area (Å²) in [7, 11) is 3.96. The van der Waals surface area contributed by atoms with Gasteiger partial charge in [0.05, 0.1) is 0 Å². The predicted octanol–water partition coefficient (Wildman–Crippen LogP) is 2.57. The molecule has 1 aromatic carbocycles. The average molecular weight is 270 g/mol. The van der Waals surface area contributed by atoms with E-state index in [-0.39, 0.29) is 24.3 Å². The molecule has 1 aromatic rings. The van der Waals surface area contributed by atoms with Crippen LogP contribution >= 0.6 is 12.4 Å². The molecule has 1 aliphatic rings. The van der Waals surface area contributed by atoms with Gasteiger partial charge in [-0.15, -0.1) is 12.4 Å². The lowest BCUT2D eigenvalue weighted by atomic mass is 10.0. The molecule has 0 aromatic heterocycles. The zero-order chi connectivity index (χ0) is 12.4. The zero-order valence-corrected chi connectivity index (χ0v) is 11.9. The smallest absolute Gasteiger partial charge is 0.164 e. The molecular formula is C14H20ClNO2. The van der Waals surface area contributed by atoms with Gasteiger partial charge in [-0.1, -0.05) is 0 Å². The van der Waals surface area contributed by atoms with E-state index < -0.39 is 0 Å². The van der Waals surface area contributed by atoms with Crippen LogP contribution in [0.15, 0.2) is 18.2 Å². The van der Waals surface area contributed by atoms with E-state index in [1.54, 1.807) is 0 Å². The summed E-state index contributed by atoms with van der Waals surface area (Å²) in [5, 5.41) is 0. The van der Waals surface area contributed by atoms with E-state index in [4.69, 9.17) is 4.74 Å². The number of ether oxygens (including phenoxy) is 1. The molecule has 18 heavy (non-hydrogen) atoms. The minimum Gasteiger partial charge on any atom is -0.490 e. The molecule has 2 rings (SSSR count). The molecule has 1 atom stereocenters. The molecule has 0 saturated carbocycles. The summed E-state index contributed by atoms with van der Waals surface area (Å²) >= 11 is 0. The van der Waals surface area contributed by atoms with Gasteiger partial charge in [-0.3, -0.25) is 4.79 Å². The Morgan fingerprint density at radius 1 is 1.44 bits per heavy atom. The van der Waals surface area contributed by atoms with Crippen molar-refractivity contribution >= 4 is 18.2 Å². The van der Waals surface area contributed by atoms with Crippen molar-refractivity contribution in [3.05, 3.63) is 29.3 Å². The van der Waals surface area contributed by atoms with Gasteiger partial charge in [0.2, 0.25) is 0 Å². The summed E-state index contributed by atoms with van der Waals surface area (Å²) in [5.74, 6) is 1.14. The number of benzene rings is 1. The number of fused-ring (bicyclic) bond motifs is 1. The highest BCUT2D eigenvalue weighted by Gasteiger charge is 2.20. The van der Waals surface area contributed by atoms with Crippen molar-refractivity contribution in [3.8, 4) is 5.75 Å². The maximum Gasteiger partial charge on any atom is 0.164 e. The first-order valence-corrected chi connectivity index (χ1v) is 6.04.